The van der Waals surface area contributed by atoms with E-state index in [1.54, 1.807) is 25.3 Å². The van der Waals surface area contributed by atoms with Crippen molar-refractivity contribution >= 4 is 17.6 Å². The zero-order valence-corrected chi connectivity index (χ0v) is 20.9. The molecule has 36 heavy (non-hydrogen) atoms. The van der Waals surface area contributed by atoms with Crippen molar-refractivity contribution in [1.29, 1.82) is 0 Å². The lowest BCUT2D eigenvalue weighted by Crippen LogP contribution is -2.34. The first-order valence-corrected chi connectivity index (χ1v) is 12.1. The molecule has 0 saturated carbocycles. The topological polar surface area (TPSA) is 96.2 Å². The van der Waals surface area contributed by atoms with E-state index < -0.39 is 11.4 Å². The Morgan fingerprint density at radius 3 is 2.72 bits per heavy atom. The molecule has 3 heterocycles. The zero-order valence-electron chi connectivity index (χ0n) is 20.1. The second-order valence-corrected chi connectivity index (χ2v) is 9.71. The number of carbonyl (C=O) groups is 1. The maximum Gasteiger partial charge on any atom is 0.341 e. The molecule has 0 amide bonds. The first kappa shape index (κ1) is 24.1. The summed E-state index contributed by atoms with van der Waals surface area (Å²) in [4.78, 5) is 24.1. The molecule has 0 aliphatic carbocycles. The molecule has 8 nitrogen and oxygen atoms in total. The van der Waals surface area contributed by atoms with Crippen molar-refractivity contribution in [1.82, 2.24) is 4.57 Å². The number of aromatic nitrogens is 1. The smallest absolute Gasteiger partial charge is 0.341 e. The predicted octanol–water partition coefficient (Wildman–Crippen LogP) is 4.85. The maximum absolute atomic E-state index is 12.5. The summed E-state index contributed by atoms with van der Waals surface area (Å²) in [6.07, 6.45) is 1.76. The van der Waals surface area contributed by atoms with E-state index in [-0.39, 0.29) is 30.2 Å². The van der Waals surface area contributed by atoms with Crippen LogP contribution < -0.4 is 24.4 Å². The number of methoxy groups -OCH3 is 1. The monoisotopic (exact) mass is 511 g/mol. The van der Waals surface area contributed by atoms with Gasteiger partial charge in [-0.05, 0) is 42.2 Å². The van der Waals surface area contributed by atoms with Gasteiger partial charge in [0.15, 0.2) is 34.5 Å². The van der Waals surface area contributed by atoms with E-state index >= 15 is 0 Å². The van der Waals surface area contributed by atoms with Crippen LogP contribution in [0, 0.1) is 5.92 Å². The van der Waals surface area contributed by atoms with Crippen molar-refractivity contribution in [3.8, 4) is 34.3 Å². The van der Waals surface area contributed by atoms with Gasteiger partial charge in [-0.3, -0.25) is 4.79 Å². The van der Waals surface area contributed by atoms with Crippen LogP contribution in [0.4, 0.5) is 0 Å². The Labute approximate surface area is 212 Å². The van der Waals surface area contributed by atoms with Gasteiger partial charge in [-0.25, -0.2) is 4.79 Å². The summed E-state index contributed by atoms with van der Waals surface area (Å²) in [5.41, 5.74) is 1.69. The average molecular weight is 512 g/mol. The predicted molar refractivity (Wildman–Crippen MR) is 134 cm³/mol. The molecule has 5 rings (SSSR count). The van der Waals surface area contributed by atoms with E-state index in [0.29, 0.717) is 46.7 Å². The van der Waals surface area contributed by atoms with Gasteiger partial charge in [0.1, 0.15) is 18.8 Å². The van der Waals surface area contributed by atoms with Crippen molar-refractivity contribution in [2.45, 2.75) is 32.4 Å². The summed E-state index contributed by atoms with van der Waals surface area (Å²) in [5.74, 6) is 1.23. The standard InChI is InChI=1S/C27H26ClNO7/c1-14(2)20-6-15-7-25(35-13-17-12-34-23-5-4-16(28)8-26(23)36-17)24(33-3)9-18(15)21-10-22(30)19(27(31)32)11-29(20)21/h4-5,7-11,14,17,20H,6,12-13H2,1-3H3,(H,31,32). The average Bonchev–Trinajstić information content (AvgIpc) is 2.85. The first-order chi connectivity index (χ1) is 17.2. The number of fused-ring (bicyclic) bond motifs is 4. The molecule has 0 saturated heterocycles. The van der Waals surface area contributed by atoms with Crippen molar-refractivity contribution in [2.24, 2.45) is 5.92 Å². The van der Waals surface area contributed by atoms with Gasteiger partial charge in [0.25, 0.3) is 0 Å². The fraction of sp³-hybridized carbons (Fsp3) is 0.333. The number of ether oxygens (including phenoxy) is 4. The Morgan fingerprint density at radius 2 is 2.00 bits per heavy atom. The molecule has 2 atom stereocenters. The Hall–Kier alpha value is -3.65. The molecular weight excluding hydrogens is 486 g/mol. The van der Waals surface area contributed by atoms with E-state index in [1.807, 2.05) is 16.7 Å². The minimum absolute atomic E-state index is 0.0243. The fourth-order valence-corrected chi connectivity index (χ4v) is 4.88. The Balaban J connectivity index is 1.46. The summed E-state index contributed by atoms with van der Waals surface area (Å²) in [5, 5.41) is 10.0. The largest absolute Gasteiger partial charge is 0.493 e. The van der Waals surface area contributed by atoms with Crippen LogP contribution in [0.15, 0.2) is 47.4 Å². The Bertz CT molecular complexity index is 1400. The molecule has 2 aliphatic rings. The lowest BCUT2D eigenvalue weighted by Gasteiger charge is -2.34. The van der Waals surface area contributed by atoms with Crippen molar-refractivity contribution in [2.75, 3.05) is 20.3 Å². The number of aromatic carboxylic acids is 1. The summed E-state index contributed by atoms with van der Waals surface area (Å²) >= 11 is 6.07. The molecule has 2 unspecified atom stereocenters. The molecule has 0 fully saturated rings. The molecule has 0 spiro atoms. The highest BCUT2D eigenvalue weighted by molar-refractivity contribution is 6.30. The third kappa shape index (κ3) is 4.37. The summed E-state index contributed by atoms with van der Waals surface area (Å²) in [7, 11) is 1.55. The van der Waals surface area contributed by atoms with Crippen molar-refractivity contribution in [3.05, 3.63) is 69.0 Å². The van der Waals surface area contributed by atoms with Crippen LogP contribution in [-0.4, -0.2) is 42.1 Å². The molecule has 0 radical (unpaired) electrons. The van der Waals surface area contributed by atoms with E-state index in [1.165, 1.54) is 12.3 Å². The number of nitrogens with zero attached hydrogens (tertiary/aromatic N) is 1. The number of carboxylic acid groups (broad SMARTS) is 1. The minimum atomic E-state index is -1.23. The van der Waals surface area contributed by atoms with Gasteiger partial charge in [-0.2, -0.15) is 0 Å². The summed E-state index contributed by atoms with van der Waals surface area (Å²) in [6, 6.07) is 10.4. The number of halogens is 1. The van der Waals surface area contributed by atoms with Crippen LogP contribution in [0.2, 0.25) is 5.02 Å². The normalized spacial score (nSPS) is 17.8. The minimum Gasteiger partial charge on any atom is -0.493 e. The van der Waals surface area contributed by atoms with E-state index in [9.17, 15) is 14.7 Å². The van der Waals surface area contributed by atoms with Crippen LogP contribution in [0.5, 0.6) is 23.0 Å². The van der Waals surface area contributed by atoms with Crippen LogP contribution in [0.1, 0.15) is 35.8 Å². The molecule has 188 valence electrons. The molecule has 3 aromatic rings. The van der Waals surface area contributed by atoms with Gasteiger partial charge in [-0.15, -0.1) is 0 Å². The first-order valence-electron chi connectivity index (χ1n) is 11.7. The third-order valence-electron chi connectivity index (χ3n) is 6.58. The number of hydrogen-bond donors (Lipinski definition) is 1. The maximum atomic E-state index is 12.5. The second kappa shape index (κ2) is 9.43. The van der Waals surface area contributed by atoms with E-state index in [4.69, 9.17) is 30.5 Å². The molecule has 1 aromatic heterocycles. The molecular formula is C27H26ClNO7. The van der Waals surface area contributed by atoms with Crippen LogP contribution in [0.3, 0.4) is 0 Å². The highest BCUT2D eigenvalue weighted by atomic mass is 35.5. The molecule has 9 heteroatoms. The Morgan fingerprint density at radius 1 is 1.19 bits per heavy atom. The molecule has 0 bridgehead atoms. The lowest BCUT2D eigenvalue weighted by atomic mass is 9.87. The highest BCUT2D eigenvalue weighted by Crippen LogP contribution is 2.43. The zero-order chi connectivity index (χ0) is 25.6. The second-order valence-electron chi connectivity index (χ2n) is 9.28. The molecule has 2 aliphatic heterocycles. The van der Waals surface area contributed by atoms with Gasteiger partial charge in [0.05, 0.1) is 12.8 Å². The van der Waals surface area contributed by atoms with Crippen molar-refractivity contribution < 1.29 is 28.8 Å². The molecule has 2 aromatic carbocycles. The quantitative estimate of drug-likeness (QED) is 0.505. The van der Waals surface area contributed by atoms with Crippen LogP contribution in [0.25, 0.3) is 11.3 Å². The lowest BCUT2D eigenvalue weighted by molar-refractivity contribution is 0.0527. The number of pyridine rings is 1. The van der Waals surface area contributed by atoms with Crippen LogP contribution in [-0.2, 0) is 6.42 Å². The van der Waals surface area contributed by atoms with E-state index in [2.05, 4.69) is 13.8 Å². The van der Waals surface area contributed by atoms with Crippen molar-refractivity contribution in [3.63, 3.8) is 0 Å². The third-order valence-corrected chi connectivity index (χ3v) is 6.82. The number of benzene rings is 2. The van der Waals surface area contributed by atoms with Crippen LogP contribution >= 0.6 is 11.6 Å². The van der Waals surface area contributed by atoms with Gasteiger partial charge in [-0.1, -0.05) is 25.4 Å². The van der Waals surface area contributed by atoms with Gasteiger partial charge < -0.3 is 28.6 Å². The van der Waals surface area contributed by atoms with Gasteiger partial charge >= 0.3 is 5.97 Å². The number of hydrogen-bond acceptors (Lipinski definition) is 6. The number of carboxylic acids is 1. The fourth-order valence-electron chi connectivity index (χ4n) is 4.72. The molecule has 1 N–H and O–H groups in total. The SMILES string of the molecule is COc1cc2c(cc1OCC1COc3ccc(Cl)cc3O1)CC(C(C)C)n1cc(C(=O)O)c(=O)cc1-2. The Kier molecular flexibility index (Phi) is 6.30. The summed E-state index contributed by atoms with van der Waals surface area (Å²) in [6.45, 7) is 4.71. The van der Waals surface area contributed by atoms with Gasteiger partial charge in [0.2, 0.25) is 0 Å². The summed E-state index contributed by atoms with van der Waals surface area (Å²) < 4.78 is 25.4. The number of rotatable bonds is 6. The highest BCUT2D eigenvalue weighted by Gasteiger charge is 2.30. The van der Waals surface area contributed by atoms with Gasteiger partial charge in [0, 0.05) is 35.0 Å². The van der Waals surface area contributed by atoms with E-state index in [0.717, 1.165) is 11.1 Å².